The van der Waals surface area contributed by atoms with Gasteiger partial charge < -0.3 is 15.0 Å². The van der Waals surface area contributed by atoms with E-state index in [0.29, 0.717) is 17.9 Å². The number of carbonyl (C=O) groups excluding carboxylic acids is 2. The van der Waals surface area contributed by atoms with E-state index in [1.54, 1.807) is 67.8 Å². The molecule has 208 valence electrons. The lowest BCUT2D eigenvalue weighted by atomic mass is 10.1. The summed E-state index contributed by atoms with van der Waals surface area (Å²) >= 11 is 0. The van der Waals surface area contributed by atoms with Crippen molar-refractivity contribution in [2.45, 2.75) is 57.1 Å². The van der Waals surface area contributed by atoms with Crippen LogP contribution in [0.5, 0.6) is 5.75 Å². The van der Waals surface area contributed by atoms with E-state index in [1.807, 2.05) is 32.9 Å². The number of carbonyl (C=O) groups is 2. The molecule has 0 aliphatic heterocycles. The first-order valence-electron chi connectivity index (χ1n) is 13.1. The zero-order valence-electron chi connectivity index (χ0n) is 22.9. The molecule has 2 atom stereocenters. The van der Waals surface area contributed by atoms with E-state index < -0.39 is 28.5 Å². The fraction of sp³-hybridized carbons (Fsp3) is 0.333. The van der Waals surface area contributed by atoms with E-state index in [0.717, 1.165) is 16.3 Å². The minimum Gasteiger partial charge on any atom is -0.497 e. The van der Waals surface area contributed by atoms with Crippen LogP contribution in [-0.4, -0.2) is 50.9 Å². The molecule has 2 unspecified atom stereocenters. The van der Waals surface area contributed by atoms with Crippen molar-refractivity contribution >= 4 is 27.5 Å². The van der Waals surface area contributed by atoms with Crippen LogP contribution in [0.3, 0.4) is 0 Å². The maximum atomic E-state index is 14.0. The first-order chi connectivity index (χ1) is 18.7. The second-order valence-electron chi connectivity index (χ2n) is 9.27. The first-order valence-corrected chi connectivity index (χ1v) is 14.5. The van der Waals surface area contributed by atoms with Gasteiger partial charge in [0, 0.05) is 12.6 Å². The fourth-order valence-corrected chi connectivity index (χ4v) is 5.57. The van der Waals surface area contributed by atoms with E-state index in [-0.39, 0.29) is 23.4 Å². The topological polar surface area (TPSA) is 96.0 Å². The second kappa shape index (κ2) is 13.8. The number of nitrogens with one attached hydrogen (secondary N) is 1. The van der Waals surface area contributed by atoms with Crippen LogP contribution in [0, 0.1) is 0 Å². The average molecular weight is 552 g/mol. The number of para-hydroxylation sites is 1. The summed E-state index contributed by atoms with van der Waals surface area (Å²) in [4.78, 5) is 28.8. The maximum Gasteiger partial charge on any atom is 0.264 e. The SMILES string of the molecule is CCC(C)NC(=O)C(CC)N(Cc1ccc(OC)cc1)C(=O)CN(c1ccccc1)S(=O)(=O)c1ccccc1. The molecule has 9 heteroatoms. The van der Waals surface area contributed by atoms with Crippen LogP contribution in [0.15, 0.2) is 89.8 Å². The lowest BCUT2D eigenvalue weighted by Gasteiger charge is -2.33. The number of nitrogens with zero attached hydrogens (tertiary/aromatic N) is 2. The molecule has 0 aromatic heterocycles. The molecule has 0 heterocycles. The molecule has 8 nitrogen and oxygen atoms in total. The Bertz CT molecular complexity index is 1320. The Balaban J connectivity index is 2.01. The van der Waals surface area contributed by atoms with Gasteiger partial charge in [0.1, 0.15) is 18.3 Å². The maximum absolute atomic E-state index is 14.0. The van der Waals surface area contributed by atoms with Crippen molar-refractivity contribution in [2.75, 3.05) is 18.0 Å². The van der Waals surface area contributed by atoms with E-state index >= 15 is 0 Å². The van der Waals surface area contributed by atoms with Gasteiger partial charge in [0.15, 0.2) is 0 Å². The van der Waals surface area contributed by atoms with Crippen LogP contribution < -0.4 is 14.4 Å². The van der Waals surface area contributed by atoms with E-state index in [1.165, 1.54) is 17.0 Å². The van der Waals surface area contributed by atoms with Gasteiger partial charge in [-0.1, -0.05) is 62.4 Å². The van der Waals surface area contributed by atoms with Gasteiger partial charge >= 0.3 is 0 Å². The lowest BCUT2D eigenvalue weighted by molar-refractivity contribution is -0.140. The van der Waals surface area contributed by atoms with E-state index in [2.05, 4.69) is 5.32 Å². The summed E-state index contributed by atoms with van der Waals surface area (Å²) in [6.07, 6.45) is 1.10. The lowest BCUT2D eigenvalue weighted by Crippen LogP contribution is -2.53. The van der Waals surface area contributed by atoms with Crippen LogP contribution in [0.1, 0.15) is 39.2 Å². The molecule has 0 aliphatic rings. The number of sulfonamides is 1. The van der Waals surface area contributed by atoms with Crippen LogP contribution in [-0.2, 0) is 26.2 Å². The zero-order valence-corrected chi connectivity index (χ0v) is 23.7. The highest BCUT2D eigenvalue weighted by atomic mass is 32.2. The largest absolute Gasteiger partial charge is 0.497 e. The van der Waals surface area contributed by atoms with Crippen molar-refractivity contribution in [1.82, 2.24) is 10.2 Å². The number of rotatable bonds is 13. The molecule has 0 saturated carbocycles. The third-order valence-corrected chi connectivity index (χ3v) is 8.34. The van der Waals surface area contributed by atoms with Crippen LogP contribution in [0.2, 0.25) is 0 Å². The van der Waals surface area contributed by atoms with Crippen molar-refractivity contribution in [3.63, 3.8) is 0 Å². The van der Waals surface area contributed by atoms with Crippen molar-refractivity contribution in [2.24, 2.45) is 0 Å². The van der Waals surface area contributed by atoms with Gasteiger partial charge in [-0.25, -0.2) is 8.42 Å². The van der Waals surface area contributed by atoms with Crippen molar-refractivity contribution in [1.29, 1.82) is 0 Å². The smallest absolute Gasteiger partial charge is 0.264 e. The molecule has 0 aliphatic carbocycles. The summed E-state index contributed by atoms with van der Waals surface area (Å²) in [5.41, 5.74) is 1.15. The molecule has 0 bridgehead atoms. The van der Waals surface area contributed by atoms with Crippen molar-refractivity contribution in [3.8, 4) is 5.75 Å². The Labute approximate surface area is 231 Å². The van der Waals surface area contributed by atoms with E-state index in [4.69, 9.17) is 4.74 Å². The predicted molar refractivity (Wildman–Crippen MR) is 153 cm³/mol. The summed E-state index contributed by atoms with van der Waals surface area (Å²) in [5, 5.41) is 2.98. The van der Waals surface area contributed by atoms with Crippen LogP contribution >= 0.6 is 0 Å². The van der Waals surface area contributed by atoms with Gasteiger partial charge in [0.25, 0.3) is 10.0 Å². The normalized spacial score (nSPS) is 12.7. The van der Waals surface area contributed by atoms with Gasteiger partial charge in [-0.05, 0) is 61.7 Å². The standard InChI is InChI=1S/C30H37N3O5S/c1-5-23(3)31-30(35)28(6-2)32(21-24-17-19-26(38-4)20-18-24)29(34)22-33(25-13-9-7-10-14-25)39(36,37)27-15-11-8-12-16-27/h7-20,23,28H,5-6,21-22H2,1-4H3,(H,31,35). The molecule has 3 rings (SSSR count). The Morgan fingerprint density at radius 3 is 2.00 bits per heavy atom. The van der Waals surface area contributed by atoms with E-state index in [9.17, 15) is 18.0 Å². The molecule has 0 fully saturated rings. The predicted octanol–water partition coefficient (Wildman–Crippen LogP) is 4.61. The zero-order chi connectivity index (χ0) is 28.4. The highest BCUT2D eigenvalue weighted by Gasteiger charge is 2.33. The molecule has 0 radical (unpaired) electrons. The summed E-state index contributed by atoms with van der Waals surface area (Å²) in [7, 11) is -2.50. The Kier molecular flexibility index (Phi) is 10.5. The fourth-order valence-electron chi connectivity index (χ4n) is 4.13. The Morgan fingerprint density at radius 1 is 0.872 bits per heavy atom. The molecule has 1 N–H and O–H groups in total. The van der Waals surface area contributed by atoms with Gasteiger partial charge in [0.2, 0.25) is 11.8 Å². The highest BCUT2D eigenvalue weighted by Crippen LogP contribution is 2.25. The summed E-state index contributed by atoms with van der Waals surface area (Å²) in [6, 6.07) is 22.9. The number of hydrogen-bond donors (Lipinski definition) is 1. The molecular formula is C30H37N3O5S. The molecule has 3 aromatic rings. The molecular weight excluding hydrogens is 514 g/mol. The number of amides is 2. The molecule has 39 heavy (non-hydrogen) atoms. The van der Waals surface area contributed by atoms with Crippen LogP contribution in [0.25, 0.3) is 0 Å². The van der Waals surface area contributed by atoms with Crippen LogP contribution in [0.4, 0.5) is 5.69 Å². The first kappa shape index (κ1) is 29.7. The average Bonchev–Trinajstić information content (AvgIpc) is 2.96. The molecule has 0 spiro atoms. The summed E-state index contributed by atoms with van der Waals surface area (Å²) in [6.45, 7) is 5.38. The van der Waals surface area contributed by atoms with Gasteiger partial charge in [-0.2, -0.15) is 0 Å². The third kappa shape index (κ3) is 7.60. The Hall–Kier alpha value is -3.85. The molecule has 2 amide bonds. The highest BCUT2D eigenvalue weighted by molar-refractivity contribution is 7.92. The number of anilines is 1. The van der Waals surface area contributed by atoms with Crippen molar-refractivity contribution in [3.05, 3.63) is 90.5 Å². The summed E-state index contributed by atoms with van der Waals surface area (Å²) < 4.78 is 33.8. The number of methoxy groups -OCH3 is 1. The van der Waals surface area contributed by atoms with Gasteiger partial charge in [-0.3, -0.25) is 13.9 Å². The van der Waals surface area contributed by atoms with Gasteiger partial charge in [-0.15, -0.1) is 0 Å². The monoisotopic (exact) mass is 551 g/mol. The molecule has 3 aromatic carbocycles. The van der Waals surface area contributed by atoms with Crippen molar-refractivity contribution < 1.29 is 22.7 Å². The minimum absolute atomic E-state index is 0.0660. The quantitative estimate of drug-likeness (QED) is 0.335. The third-order valence-electron chi connectivity index (χ3n) is 6.55. The minimum atomic E-state index is -4.07. The number of hydrogen-bond acceptors (Lipinski definition) is 5. The summed E-state index contributed by atoms with van der Waals surface area (Å²) in [5.74, 6) is -0.0893. The molecule has 0 saturated heterocycles. The number of benzene rings is 3. The number of ether oxygens (including phenoxy) is 1. The Morgan fingerprint density at radius 2 is 1.46 bits per heavy atom. The second-order valence-corrected chi connectivity index (χ2v) is 11.1. The van der Waals surface area contributed by atoms with Gasteiger partial charge in [0.05, 0.1) is 17.7 Å².